The molecule has 0 saturated heterocycles. The van der Waals surface area contributed by atoms with Crippen molar-refractivity contribution in [2.75, 3.05) is 27.4 Å². The Bertz CT molecular complexity index is 951. The Kier molecular flexibility index (Phi) is 6.57. The number of esters is 1. The lowest BCUT2D eigenvalue weighted by Gasteiger charge is -2.10. The zero-order valence-electron chi connectivity index (χ0n) is 15.5. The number of ether oxygens (including phenoxy) is 4. The van der Waals surface area contributed by atoms with Gasteiger partial charge in [0.25, 0.3) is 0 Å². The number of aromatic nitrogens is 1. The van der Waals surface area contributed by atoms with Crippen molar-refractivity contribution in [3.63, 3.8) is 0 Å². The first-order valence-corrected chi connectivity index (χ1v) is 9.25. The number of hydrogen-bond donors (Lipinski definition) is 0. The van der Waals surface area contributed by atoms with Crippen LogP contribution >= 0.6 is 11.3 Å². The first-order valence-electron chi connectivity index (χ1n) is 8.43. The van der Waals surface area contributed by atoms with Crippen LogP contribution in [0.4, 0.5) is 0 Å². The number of carbonyl (C=O) groups is 2. The number of para-hydroxylation sites is 1. The topological polar surface area (TPSA) is 84.0 Å². The van der Waals surface area contributed by atoms with Crippen LogP contribution in [0.25, 0.3) is 10.2 Å². The Balaban J connectivity index is 1.46. The largest absolute Gasteiger partial charge is 0.497 e. The van der Waals surface area contributed by atoms with Gasteiger partial charge in [0.05, 0.1) is 36.6 Å². The zero-order chi connectivity index (χ0) is 19.9. The van der Waals surface area contributed by atoms with Crippen LogP contribution in [0.1, 0.15) is 15.4 Å². The van der Waals surface area contributed by atoms with Gasteiger partial charge in [0, 0.05) is 6.07 Å². The van der Waals surface area contributed by atoms with E-state index in [1.165, 1.54) is 25.6 Å². The highest BCUT2D eigenvalue weighted by Gasteiger charge is 2.16. The minimum absolute atomic E-state index is 0.203. The van der Waals surface area contributed by atoms with Gasteiger partial charge in [-0.05, 0) is 24.3 Å². The summed E-state index contributed by atoms with van der Waals surface area (Å²) in [6.45, 7) is -0.455. The van der Waals surface area contributed by atoms with Gasteiger partial charge in [-0.15, -0.1) is 11.3 Å². The van der Waals surface area contributed by atoms with Crippen LogP contribution < -0.4 is 9.47 Å². The Morgan fingerprint density at radius 3 is 2.61 bits per heavy atom. The molecule has 146 valence electrons. The molecule has 1 heterocycles. The van der Waals surface area contributed by atoms with Crippen LogP contribution in [-0.4, -0.2) is 44.2 Å². The number of Topliss-reactive ketones (excluding diaryl/α,β-unsaturated/α-hetero) is 1. The first-order chi connectivity index (χ1) is 13.6. The Labute approximate surface area is 165 Å². The fourth-order valence-electron chi connectivity index (χ4n) is 2.50. The fourth-order valence-corrected chi connectivity index (χ4v) is 3.40. The molecule has 0 amide bonds. The summed E-state index contributed by atoms with van der Waals surface area (Å²) in [5.74, 6) is -0.0814. The van der Waals surface area contributed by atoms with E-state index in [0.29, 0.717) is 17.1 Å². The SMILES string of the molecule is COc1ccc(C(=O)COC(=O)COCc2nc3ccccc3s2)c(OC)c1. The van der Waals surface area contributed by atoms with Crippen molar-refractivity contribution < 1.29 is 28.5 Å². The van der Waals surface area contributed by atoms with Gasteiger partial charge >= 0.3 is 5.97 Å². The maximum absolute atomic E-state index is 12.3. The van der Waals surface area contributed by atoms with E-state index in [1.54, 1.807) is 18.2 Å². The molecule has 0 bridgehead atoms. The highest BCUT2D eigenvalue weighted by molar-refractivity contribution is 7.18. The van der Waals surface area contributed by atoms with Crippen molar-refractivity contribution in [2.45, 2.75) is 6.61 Å². The normalized spacial score (nSPS) is 10.6. The first kappa shape index (κ1) is 19.8. The summed E-state index contributed by atoms with van der Waals surface area (Å²) in [7, 11) is 2.97. The van der Waals surface area contributed by atoms with E-state index in [4.69, 9.17) is 18.9 Å². The summed E-state index contributed by atoms with van der Waals surface area (Å²) in [6, 6.07) is 12.6. The lowest BCUT2D eigenvalue weighted by atomic mass is 10.1. The summed E-state index contributed by atoms with van der Waals surface area (Å²) in [6.07, 6.45) is 0. The standard InChI is InChI=1S/C20H19NO6S/c1-24-13-7-8-14(17(9-13)25-2)16(22)10-27-20(23)12-26-11-19-21-15-5-3-4-6-18(15)28-19/h3-9H,10-12H2,1-2H3. The molecule has 0 aliphatic heterocycles. The molecule has 0 aliphatic rings. The van der Waals surface area contributed by atoms with E-state index in [2.05, 4.69) is 4.98 Å². The highest BCUT2D eigenvalue weighted by atomic mass is 32.1. The molecule has 2 aromatic carbocycles. The molecule has 0 radical (unpaired) electrons. The average molecular weight is 401 g/mol. The van der Waals surface area contributed by atoms with Gasteiger partial charge in [-0.1, -0.05) is 12.1 Å². The summed E-state index contributed by atoms with van der Waals surface area (Å²) in [5.41, 5.74) is 1.21. The van der Waals surface area contributed by atoms with Crippen LogP contribution in [0.5, 0.6) is 11.5 Å². The van der Waals surface area contributed by atoms with Gasteiger partial charge in [-0.3, -0.25) is 4.79 Å². The number of ketones is 1. The molecule has 0 unspecified atom stereocenters. The third-order valence-corrected chi connectivity index (χ3v) is 4.87. The molecule has 0 N–H and O–H groups in total. The molecule has 0 spiro atoms. The summed E-state index contributed by atoms with van der Waals surface area (Å²) >= 11 is 1.51. The predicted octanol–water partition coefficient (Wildman–Crippen LogP) is 3.26. The van der Waals surface area contributed by atoms with Gasteiger partial charge in [0.15, 0.2) is 6.61 Å². The molecular weight excluding hydrogens is 382 g/mol. The van der Waals surface area contributed by atoms with E-state index in [-0.39, 0.29) is 19.0 Å². The number of fused-ring (bicyclic) bond motifs is 1. The van der Waals surface area contributed by atoms with Crippen LogP contribution in [-0.2, 0) is 20.9 Å². The molecule has 8 heteroatoms. The van der Waals surface area contributed by atoms with Gasteiger partial charge in [0.2, 0.25) is 5.78 Å². The number of thiazole rings is 1. The number of benzene rings is 2. The third-order valence-electron chi connectivity index (χ3n) is 3.86. The lowest BCUT2D eigenvalue weighted by Crippen LogP contribution is -2.18. The number of rotatable bonds is 9. The van der Waals surface area contributed by atoms with Crippen molar-refractivity contribution in [2.24, 2.45) is 0 Å². The van der Waals surface area contributed by atoms with Crippen LogP contribution in [0, 0.1) is 0 Å². The molecule has 3 aromatic rings. The molecule has 7 nitrogen and oxygen atoms in total. The van der Waals surface area contributed by atoms with E-state index in [1.807, 2.05) is 24.3 Å². The molecular formula is C20H19NO6S. The second kappa shape index (κ2) is 9.29. The van der Waals surface area contributed by atoms with Crippen molar-refractivity contribution in [3.8, 4) is 11.5 Å². The predicted molar refractivity (Wildman–Crippen MR) is 104 cm³/mol. The van der Waals surface area contributed by atoms with E-state index >= 15 is 0 Å². The molecule has 0 saturated carbocycles. The maximum atomic E-state index is 12.3. The highest BCUT2D eigenvalue weighted by Crippen LogP contribution is 2.25. The van der Waals surface area contributed by atoms with Crippen molar-refractivity contribution >= 4 is 33.3 Å². The molecule has 1 aromatic heterocycles. The molecule has 28 heavy (non-hydrogen) atoms. The maximum Gasteiger partial charge on any atom is 0.332 e. The van der Waals surface area contributed by atoms with Gasteiger partial charge in [-0.2, -0.15) is 0 Å². The van der Waals surface area contributed by atoms with Crippen molar-refractivity contribution in [1.29, 1.82) is 0 Å². The van der Waals surface area contributed by atoms with Crippen LogP contribution in [0.15, 0.2) is 42.5 Å². The Morgan fingerprint density at radius 1 is 1.04 bits per heavy atom. The Morgan fingerprint density at radius 2 is 1.86 bits per heavy atom. The monoisotopic (exact) mass is 401 g/mol. The van der Waals surface area contributed by atoms with Crippen molar-refractivity contribution in [3.05, 3.63) is 53.0 Å². The summed E-state index contributed by atoms with van der Waals surface area (Å²) < 4.78 is 21.7. The van der Waals surface area contributed by atoms with Crippen molar-refractivity contribution in [1.82, 2.24) is 4.98 Å². The number of methoxy groups -OCH3 is 2. The number of hydrogen-bond acceptors (Lipinski definition) is 8. The zero-order valence-corrected chi connectivity index (χ0v) is 16.3. The third kappa shape index (κ3) is 4.85. The van der Waals surface area contributed by atoms with E-state index in [9.17, 15) is 9.59 Å². The quantitative estimate of drug-likeness (QED) is 0.402. The minimum Gasteiger partial charge on any atom is -0.497 e. The summed E-state index contributed by atoms with van der Waals surface area (Å²) in [4.78, 5) is 28.5. The van der Waals surface area contributed by atoms with Gasteiger partial charge < -0.3 is 18.9 Å². The smallest absolute Gasteiger partial charge is 0.332 e. The van der Waals surface area contributed by atoms with Crippen LogP contribution in [0.2, 0.25) is 0 Å². The molecule has 0 fully saturated rings. The van der Waals surface area contributed by atoms with Gasteiger partial charge in [0.1, 0.15) is 23.1 Å². The fraction of sp³-hybridized carbons (Fsp3) is 0.250. The van der Waals surface area contributed by atoms with Gasteiger partial charge in [-0.25, -0.2) is 9.78 Å². The lowest BCUT2D eigenvalue weighted by molar-refractivity contribution is -0.148. The average Bonchev–Trinajstić information content (AvgIpc) is 3.14. The minimum atomic E-state index is -0.623. The van der Waals surface area contributed by atoms with Crippen LogP contribution in [0.3, 0.4) is 0 Å². The van der Waals surface area contributed by atoms with E-state index < -0.39 is 12.6 Å². The molecule has 0 atom stereocenters. The summed E-state index contributed by atoms with van der Waals surface area (Å²) in [5, 5.41) is 0.771. The molecule has 3 rings (SSSR count). The second-order valence-electron chi connectivity index (χ2n) is 5.72. The Hall–Kier alpha value is -2.97. The number of nitrogens with zero attached hydrogens (tertiary/aromatic N) is 1. The second-order valence-corrected chi connectivity index (χ2v) is 6.83. The van der Waals surface area contributed by atoms with E-state index in [0.717, 1.165) is 15.2 Å². The molecule has 0 aliphatic carbocycles. The number of carbonyl (C=O) groups excluding carboxylic acids is 2.